The molecule has 4 unspecified atom stereocenters. The fraction of sp³-hybridized carbons (Fsp3) is 0.917. The quantitative estimate of drug-likeness (QED) is 0.838. The Hall–Kier alpha value is -0.600. The average Bonchev–Trinajstić information content (AvgIpc) is 2.24. The molecule has 5 heteroatoms. The van der Waals surface area contributed by atoms with Gasteiger partial charge >= 0.3 is 0 Å². The number of sulfonamides is 1. The van der Waals surface area contributed by atoms with Crippen molar-refractivity contribution in [3.05, 3.63) is 0 Å². The van der Waals surface area contributed by atoms with Gasteiger partial charge in [-0.15, -0.1) is 0 Å². The van der Waals surface area contributed by atoms with E-state index in [2.05, 4.69) is 18.6 Å². The van der Waals surface area contributed by atoms with Crippen molar-refractivity contribution in [2.75, 3.05) is 0 Å². The molecule has 0 aromatic rings. The number of hydrogen-bond donors (Lipinski definition) is 1. The highest BCUT2D eigenvalue weighted by Crippen LogP contribution is 2.29. The van der Waals surface area contributed by atoms with Crippen molar-refractivity contribution in [1.29, 1.82) is 5.26 Å². The lowest BCUT2D eigenvalue weighted by Crippen LogP contribution is -2.43. The zero-order chi connectivity index (χ0) is 13.1. The molecule has 0 spiro atoms. The van der Waals surface area contributed by atoms with Gasteiger partial charge in [-0.1, -0.05) is 20.8 Å². The molecule has 1 aliphatic carbocycles. The normalized spacial score (nSPS) is 31.8. The Morgan fingerprint density at radius 3 is 2.47 bits per heavy atom. The van der Waals surface area contributed by atoms with E-state index < -0.39 is 15.3 Å². The van der Waals surface area contributed by atoms with Gasteiger partial charge in [-0.25, -0.2) is 13.1 Å². The summed E-state index contributed by atoms with van der Waals surface area (Å²) < 4.78 is 26.5. The SMILES string of the molecule is CCC(C#N)S(=O)(=O)NC1CCC(C)C(C)C1. The van der Waals surface area contributed by atoms with Gasteiger partial charge in [0.2, 0.25) is 10.0 Å². The van der Waals surface area contributed by atoms with Gasteiger partial charge in [0, 0.05) is 6.04 Å². The van der Waals surface area contributed by atoms with Crippen LogP contribution >= 0.6 is 0 Å². The van der Waals surface area contributed by atoms with E-state index in [1.807, 2.05) is 6.07 Å². The summed E-state index contributed by atoms with van der Waals surface area (Å²) in [5, 5.41) is 7.90. The molecule has 0 aliphatic heterocycles. The Morgan fingerprint density at radius 2 is 2.00 bits per heavy atom. The zero-order valence-electron chi connectivity index (χ0n) is 10.8. The predicted octanol–water partition coefficient (Wildman–Crippen LogP) is 2.03. The first-order valence-corrected chi connectivity index (χ1v) is 7.86. The highest BCUT2D eigenvalue weighted by Gasteiger charge is 2.30. The Bertz CT molecular complexity index is 386. The van der Waals surface area contributed by atoms with Crippen LogP contribution in [0.1, 0.15) is 46.5 Å². The van der Waals surface area contributed by atoms with Gasteiger partial charge in [-0.3, -0.25) is 0 Å². The van der Waals surface area contributed by atoms with E-state index in [0.29, 0.717) is 18.3 Å². The van der Waals surface area contributed by atoms with Crippen LogP contribution in [0.25, 0.3) is 0 Å². The Kier molecular flexibility index (Phi) is 4.96. The number of rotatable bonds is 4. The van der Waals surface area contributed by atoms with E-state index in [0.717, 1.165) is 19.3 Å². The van der Waals surface area contributed by atoms with E-state index >= 15 is 0 Å². The molecule has 1 saturated carbocycles. The van der Waals surface area contributed by atoms with Crippen LogP contribution < -0.4 is 4.72 Å². The van der Waals surface area contributed by atoms with Crippen LogP contribution in [0.2, 0.25) is 0 Å². The summed E-state index contributed by atoms with van der Waals surface area (Å²) in [4.78, 5) is 0. The van der Waals surface area contributed by atoms with Gasteiger partial charge < -0.3 is 0 Å². The largest absolute Gasteiger partial charge is 0.228 e. The lowest BCUT2D eigenvalue weighted by molar-refractivity contribution is 0.241. The maximum Gasteiger partial charge on any atom is 0.228 e. The average molecular weight is 258 g/mol. The number of nitriles is 1. The molecule has 1 rings (SSSR count). The van der Waals surface area contributed by atoms with Crippen LogP contribution in [0.5, 0.6) is 0 Å². The van der Waals surface area contributed by atoms with Crippen LogP contribution in [0.15, 0.2) is 0 Å². The second-order valence-electron chi connectivity index (χ2n) is 5.15. The minimum Gasteiger partial charge on any atom is -0.211 e. The number of nitrogens with zero attached hydrogens (tertiary/aromatic N) is 1. The van der Waals surface area contributed by atoms with Gasteiger partial charge in [0.25, 0.3) is 0 Å². The summed E-state index contributed by atoms with van der Waals surface area (Å²) in [5.41, 5.74) is 0. The molecule has 0 saturated heterocycles. The second kappa shape index (κ2) is 5.83. The van der Waals surface area contributed by atoms with E-state index in [9.17, 15) is 8.42 Å². The van der Waals surface area contributed by atoms with Crippen molar-refractivity contribution in [2.24, 2.45) is 11.8 Å². The summed E-state index contributed by atoms with van der Waals surface area (Å²) in [7, 11) is -3.47. The first kappa shape index (κ1) is 14.5. The van der Waals surface area contributed by atoms with Crippen LogP contribution in [0.4, 0.5) is 0 Å². The monoisotopic (exact) mass is 258 g/mol. The zero-order valence-corrected chi connectivity index (χ0v) is 11.6. The van der Waals surface area contributed by atoms with E-state index in [-0.39, 0.29) is 6.04 Å². The summed E-state index contributed by atoms with van der Waals surface area (Å²) in [6, 6.07) is 1.86. The van der Waals surface area contributed by atoms with Crippen molar-refractivity contribution >= 4 is 10.0 Å². The molecule has 1 fully saturated rings. The minimum absolute atomic E-state index is 0.00796. The topological polar surface area (TPSA) is 70.0 Å². The fourth-order valence-electron chi connectivity index (χ4n) is 2.35. The van der Waals surface area contributed by atoms with Crippen LogP contribution in [-0.2, 0) is 10.0 Å². The summed E-state index contributed by atoms with van der Waals surface area (Å²) in [6.45, 7) is 6.09. The molecule has 98 valence electrons. The van der Waals surface area contributed by atoms with E-state index in [1.165, 1.54) is 0 Å². The standard InChI is InChI=1S/C12H22N2O2S/c1-4-12(8-13)17(15,16)14-11-6-5-9(2)10(3)7-11/h9-12,14H,4-7H2,1-3H3. The molecule has 0 amide bonds. The molecule has 17 heavy (non-hydrogen) atoms. The Labute approximate surface area is 104 Å². The number of nitrogens with one attached hydrogen (secondary N) is 1. The smallest absolute Gasteiger partial charge is 0.211 e. The molecule has 4 nitrogen and oxygen atoms in total. The molecule has 0 bridgehead atoms. The lowest BCUT2D eigenvalue weighted by atomic mass is 9.79. The van der Waals surface area contributed by atoms with E-state index in [1.54, 1.807) is 6.92 Å². The molecule has 0 aromatic heterocycles. The third-order valence-corrected chi connectivity index (χ3v) is 5.67. The molecule has 0 heterocycles. The molecule has 1 aliphatic rings. The molecule has 0 aromatic carbocycles. The van der Waals surface area contributed by atoms with Crippen LogP contribution in [0, 0.1) is 23.2 Å². The summed E-state index contributed by atoms with van der Waals surface area (Å²) in [6.07, 6.45) is 3.15. The third-order valence-electron chi connectivity index (χ3n) is 3.82. The van der Waals surface area contributed by atoms with Crippen molar-refractivity contribution in [2.45, 2.75) is 57.7 Å². The molecular formula is C12H22N2O2S. The predicted molar refractivity (Wildman–Crippen MR) is 67.7 cm³/mol. The number of hydrogen-bond acceptors (Lipinski definition) is 3. The maximum absolute atomic E-state index is 11.9. The third kappa shape index (κ3) is 3.68. The maximum atomic E-state index is 11.9. The van der Waals surface area contributed by atoms with Crippen LogP contribution in [0.3, 0.4) is 0 Å². The minimum atomic E-state index is -3.47. The van der Waals surface area contributed by atoms with E-state index in [4.69, 9.17) is 5.26 Å². The Morgan fingerprint density at radius 1 is 1.35 bits per heavy atom. The van der Waals surface area contributed by atoms with Gasteiger partial charge in [0.15, 0.2) is 5.25 Å². The fourth-order valence-corrected chi connectivity index (χ4v) is 3.77. The second-order valence-corrected chi connectivity index (χ2v) is 7.05. The highest BCUT2D eigenvalue weighted by atomic mass is 32.2. The molecular weight excluding hydrogens is 236 g/mol. The first-order chi connectivity index (χ1) is 7.90. The van der Waals surface area contributed by atoms with Crippen molar-refractivity contribution in [1.82, 2.24) is 4.72 Å². The van der Waals surface area contributed by atoms with Crippen LogP contribution in [-0.4, -0.2) is 19.7 Å². The van der Waals surface area contributed by atoms with Crippen molar-refractivity contribution < 1.29 is 8.42 Å². The van der Waals surface area contributed by atoms with Crippen molar-refractivity contribution in [3.8, 4) is 6.07 Å². The lowest BCUT2D eigenvalue weighted by Gasteiger charge is -2.32. The Balaban J connectivity index is 2.63. The van der Waals surface area contributed by atoms with Gasteiger partial charge in [-0.2, -0.15) is 5.26 Å². The van der Waals surface area contributed by atoms with Gasteiger partial charge in [0.05, 0.1) is 6.07 Å². The van der Waals surface area contributed by atoms with Gasteiger partial charge in [-0.05, 0) is 37.5 Å². The molecule has 0 radical (unpaired) electrons. The summed E-state index contributed by atoms with van der Waals surface area (Å²) in [5.74, 6) is 1.20. The highest BCUT2D eigenvalue weighted by molar-refractivity contribution is 7.90. The van der Waals surface area contributed by atoms with Gasteiger partial charge in [0.1, 0.15) is 0 Å². The molecule has 1 N–H and O–H groups in total. The van der Waals surface area contributed by atoms with Crippen molar-refractivity contribution in [3.63, 3.8) is 0 Å². The molecule has 4 atom stereocenters. The first-order valence-electron chi connectivity index (χ1n) is 6.31. The summed E-state index contributed by atoms with van der Waals surface area (Å²) >= 11 is 0.